The molecule has 0 aromatic heterocycles. The maximum atomic E-state index is 12.4. The molecule has 23 heavy (non-hydrogen) atoms. The Morgan fingerprint density at radius 2 is 1.57 bits per heavy atom. The van der Waals surface area contributed by atoms with E-state index in [1.165, 1.54) is 0 Å². The van der Waals surface area contributed by atoms with Crippen LogP contribution in [0.2, 0.25) is 0 Å². The molecule has 2 aromatic rings. The van der Waals surface area contributed by atoms with Crippen LogP contribution in [0.3, 0.4) is 0 Å². The Kier molecular flexibility index (Phi) is 5.69. The average molecular weight is 310 g/mol. The summed E-state index contributed by atoms with van der Waals surface area (Å²) < 4.78 is 10.0. The molecule has 2 aromatic carbocycles. The van der Waals surface area contributed by atoms with Crippen molar-refractivity contribution in [1.29, 1.82) is 0 Å². The van der Waals surface area contributed by atoms with E-state index in [0.29, 0.717) is 23.3 Å². The molecule has 0 aliphatic rings. The van der Waals surface area contributed by atoms with E-state index >= 15 is 0 Å². The fourth-order valence-corrected chi connectivity index (χ4v) is 2.06. The highest BCUT2D eigenvalue weighted by atomic mass is 16.5. The van der Waals surface area contributed by atoms with Crippen LogP contribution in [-0.4, -0.2) is 25.5 Å². The molecule has 0 radical (unpaired) electrons. The van der Waals surface area contributed by atoms with E-state index in [2.05, 4.69) is 6.58 Å². The van der Waals surface area contributed by atoms with E-state index < -0.39 is 5.97 Å². The first kappa shape index (κ1) is 16.5. The summed E-state index contributed by atoms with van der Waals surface area (Å²) in [5.74, 6) is 0.236. The Hall–Kier alpha value is -2.88. The number of benzene rings is 2. The second-order valence-corrected chi connectivity index (χ2v) is 4.88. The van der Waals surface area contributed by atoms with Gasteiger partial charge in [0.2, 0.25) is 0 Å². The number of hydrogen-bond acceptors (Lipinski definition) is 4. The molecule has 0 aliphatic carbocycles. The molecule has 0 saturated carbocycles. The minimum absolute atomic E-state index is 0.0442. The molecule has 0 unspecified atom stereocenters. The molecule has 0 N–H and O–H groups in total. The van der Waals surface area contributed by atoms with Gasteiger partial charge in [-0.2, -0.15) is 0 Å². The standard InChI is InChI=1S/C19H18O4/c1-3-18(20)23-13-12-14-4-6-15(7-5-14)19(21)16-8-10-17(22-2)11-9-16/h3-11H,1,12-13H2,2H3. The van der Waals surface area contributed by atoms with E-state index in [9.17, 15) is 9.59 Å². The SMILES string of the molecule is C=CC(=O)OCCc1ccc(C(=O)c2ccc(OC)cc2)cc1. The summed E-state index contributed by atoms with van der Waals surface area (Å²) in [5.41, 5.74) is 2.22. The molecule has 0 fully saturated rings. The van der Waals surface area contributed by atoms with Crippen molar-refractivity contribution in [3.8, 4) is 5.75 Å². The Bertz CT molecular complexity index is 684. The number of ether oxygens (including phenoxy) is 2. The van der Waals surface area contributed by atoms with Gasteiger partial charge in [0.15, 0.2) is 5.78 Å². The van der Waals surface area contributed by atoms with Crippen LogP contribution in [0.15, 0.2) is 61.2 Å². The maximum Gasteiger partial charge on any atom is 0.330 e. The molecule has 2 rings (SSSR count). The van der Waals surface area contributed by atoms with Crippen LogP contribution in [-0.2, 0) is 16.0 Å². The van der Waals surface area contributed by atoms with E-state index in [-0.39, 0.29) is 12.4 Å². The second kappa shape index (κ2) is 7.94. The van der Waals surface area contributed by atoms with Gasteiger partial charge in [-0.15, -0.1) is 0 Å². The van der Waals surface area contributed by atoms with E-state index in [0.717, 1.165) is 11.6 Å². The van der Waals surface area contributed by atoms with Crippen LogP contribution >= 0.6 is 0 Å². The summed E-state index contributed by atoms with van der Waals surface area (Å²) in [4.78, 5) is 23.3. The zero-order chi connectivity index (χ0) is 16.7. The predicted molar refractivity (Wildman–Crippen MR) is 87.7 cm³/mol. The van der Waals surface area contributed by atoms with Crippen LogP contribution < -0.4 is 4.74 Å². The Balaban J connectivity index is 1.99. The van der Waals surface area contributed by atoms with Crippen molar-refractivity contribution in [2.24, 2.45) is 0 Å². The molecule has 0 saturated heterocycles. The molecular weight excluding hydrogens is 292 g/mol. The van der Waals surface area contributed by atoms with Gasteiger partial charge in [0, 0.05) is 23.6 Å². The lowest BCUT2D eigenvalue weighted by molar-refractivity contribution is -0.137. The lowest BCUT2D eigenvalue weighted by Crippen LogP contribution is -2.05. The zero-order valence-corrected chi connectivity index (χ0v) is 13.0. The van der Waals surface area contributed by atoms with Gasteiger partial charge in [-0.1, -0.05) is 30.8 Å². The minimum atomic E-state index is -0.434. The van der Waals surface area contributed by atoms with E-state index in [4.69, 9.17) is 9.47 Å². The third-order valence-electron chi connectivity index (χ3n) is 3.37. The molecule has 0 amide bonds. The van der Waals surface area contributed by atoms with Gasteiger partial charge >= 0.3 is 5.97 Å². The number of carbonyl (C=O) groups excluding carboxylic acids is 2. The summed E-state index contributed by atoms with van der Waals surface area (Å²) in [6.07, 6.45) is 1.73. The summed E-state index contributed by atoms with van der Waals surface area (Å²) >= 11 is 0. The summed E-state index contributed by atoms with van der Waals surface area (Å²) in [7, 11) is 1.59. The number of carbonyl (C=O) groups is 2. The molecule has 4 heteroatoms. The molecule has 0 heterocycles. The Labute approximate surface area is 135 Å². The van der Waals surface area contributed by atoms with Crippen LogP contribution in [0.1, 0.15) is 21.5 Å². The van der Waals surface area contributed by atoms with Crippen molar-refractivity contribution < 1.29 is 19.1 Å². The molecule has 0 spiro atoms. The summed E-state index contributed by atoms with van der Waals surface area (Å²) in [6.45, 7) is 3.63. The fourth-order valence-electron chi connectivity index (χ4n) is 2.06. The molecule has 4 nitrogen and oxygen atoms in total. The fraction of sp³-hybridized carbons (Fsp3) is 0.158. The number of ketones is 1. The number of methoxy groups -OCH3 is 1. The van der Waals surface area contributed by atoms with E-state index in [1.54, 1.807) is 43.5 Å². The molecule has 118 valence electrons. The van der Waals surface area contributed by atoms with Crippen LogP contribution in [0.4, 0.5) is 0 Å². The third-order valence-corrected chi connectivity index (χ3v) is 3.37. The third kappa shape index (κ3) is 4.54. The van der Waals surface area contributed by atoms with Crippen molar-refractivity contribution in [3.63, 3.8) is 0 Å². The zero-order valence-electron chi connectivity index (χ0n) is 13.0. The quantitative estimate of drug-likeness (QED) is 0.448. The van der Waals surface area contributed by atoms with E-state index in [1.807, 2.05) is 12.1 Å². The van der Waals surface area contributed by atoms with Crippen molar-refractivity contribution in [3.05, 3.63) is 77.9 Å². The number of rotatable bonds is 7. The highest BCUT2D eigenvalue weighted by Crippen LogP contribution is 2.15. The first-order valence-corrected chi connectivity index (χ1v) is 7.21. The minimum Gasteiger partial charge on any atom is -0.497 e. The van der Waals surface area contributed by atoms with Crippen LogP contribution in [0.25, 0.3) is 0 Å². The van der Waals surface area contributed by atoms with Crippen LogP contribution in [0.5, 0.6) is 5.75 Å². The largest absolute Gasteiger partial charge is 0.497 e. The maximum absolute atomic E-state index is 12.4. The topological polar surface area (TPSA) is 52.6 Å². The van der Waals surface area contributed by atoms with Crippen molar-refractivity contribution in [2.45, 2.75) is 6.42 Å². The highest BCUT2D eigenvalue weighted by molar-refractivity contribution is 6.09. The van der Waals surface area contributed by atoms with Crippen molar-refractivity contribution in [1.82, 2.24) is 0 Å². The van der Waals surface area contributed by atoms with Gasteiger partial charge in [0.25, 0.3) is 0 Å². The number of esters is 1. The van der Waals surface area contributed by atoms with Gasteiger partial charge in [-0.3, -0.25) is 4.79 Å². The Morgan fingerprint density at radius 3 is 2.09 bits per heavy atom. The van der Waals surface area contributed by atoms with Gasteiger partial charge in [-0.05, 0) is 29.8 Å². The lowest BCUT2D eigenvalue weighted by atomic mass is 10.0. The lowest BCUT2D eigenvalue weighted by Gasteiger charge is -2.05. The van der Waals surface area contributed by atoms with Crippen LogP contribution in [0, 0.1) is 0 Å². The first-order valence-electron chi connectivity index (χ1n) is 7.21. The second-order valence-electron chi connectivity index (χ2n) is 4.88. The summed E-state index contributed by atoms with van der Waals surface area (Å²) in [6, 6.07) is 14.3. The normalized spacial score (nSPS) is 9.96. The number of hydrogen-bond donors (Lipinski definition) is 0. The van der Waals surface area contributed by atoms with Crippen molar-refractivity contribution >= 4 is 11.8 Å². The summed E-state index contributed by atoms with van der Waals surface area (Å²) in [5, 5.41) is 0. The Morgan fingerprint density at radius 1 is 1.00 bits per heavy atom. The van der Waals surface area contributed by atoms with Gasteiger partial charge in [-0.25, -0.2) is 4.79 Å². The van der Waals surface area contributed by atoms with Gasteiger partial charge < -0.3 is 9.47 Å². The van der Waals surface area contributed by atoms with Gasteiger partial charge in [0.05, 0.1) is 13.7 Å². The molecular formula is C19H18O4. The van der Waals surface area contributed by atoms with Gasteiger partial charge in [0.1, 0.15) is 5.75 Å². The smallest absolute Gasteiger partial charge is 0.330 e. The predicted octanol–water partition coefficient (Wildman–Crippen LogP) is 3.20. The monoisotopic (exact) mass is 310 g/mol. The average Bonchev–Trinajstić information content (AvgIpc) is 2.61. The first-order chi connectivity index (χ1) is 11.1. The molecule has 0 bridgehead atoms. The molecule has 0 aliphatic heterocycles. The molecule has 0 atom stereocenters. The van der Waals surface area contributed by atoms with Crippen molar-refractivity contribution in [2.75, 3.05) is 13.7 Å². The highest BCUT2D eigenvalue weighted by Gasteiger charge is 2.09.